The molecule has 1 fully saturated rings. The van der Waals surface area contributed by atoms with Crippen molar-refractivity contribution in [3.63, 3.8) is 0 Å². The van der Waals surface area contributed by atoms with E-state index in [1.807, 2.05) is 6.92 Å². The van der Waals surface area contributed by atoms with Crippen LogP contribution in [-0.4, -0.2) is 37.1 Å². The molecule has 0 saturated carbocycles. The molecule has 1 amide bonds. The number of carbonyl (C=O) groups is 1. The van der Waals surface area contributed by atoms with Gasteiger partial charge in [-0.05, 0) is 25.1 Å². The molecule has 11 heteroatoms. The summed E-state index contributed by atoms with van der Waals surface area (Å²) in [5.41, 5.74) is -0.939. The molecule has 1 unspecified atom stereocenters. The molecule has 1 aliphatic heterocycles. The Morgan fingerprint density at radius 1 is 1.48 bits per heavy atom. The van der Waals surface area contributed by atoms with Crippen LogP contribution in [0.5, 0.6) is 5.88 Å². The lowest BCUT2D eigenvalue weighted by atomic mass is 9.88. The van der Waals surface area contributed by atoms with E-state index in [-0.39, 0.29) is 60.7 Å². The van der Waals surface area contributed by atoms with Gasteiger partial charge in [0.1, 0.15) is 11.6 Å². The first-order chi connectivity index (χ1) is 10.8. The number of rotatable bonds is 6. The van der Waals surface area contributed by atoms with Crippen LogP contribution >= 0.6 is 36.4 Å². The molecule has 2 N–H and O–H groups in total. The van der Waals surface area contributed by atoms with E-state index >= 15 is 0 Å². The average molecular weight is 425 g/mol. The third kappa shape index (κ3) is 6.69. The van der Waals surface area contributed by atoms with Crippen LogP contribution in [0, 0.1) is 11.8 Å². The molecule has 5 nitrogen and oxygen atoms in total. The van der Waals surface area contributed by atoms with Gasteiger partial charge in [-0.15, -0.1) is 24.8 Å². The van der Waals surface area contributed by atoms with E-state index in [9.17, 15) is 18.0 Å². The highest BCUT2D eigenvalue weighted by Crippen LogP contribution is 2.32. The van der Waals surface area contributed by atoms with Crippen molar-refractivity contribution in [1.82, 2.24) is 15.6 Å². The summed E-state index contributed by atoms with van der Waals surface area (Å²) in [6.45, 7) is 3.81. The number of nitrogens with one attached hydrogen (secondary N) is 2. The summed E-state index contributed by atoms with van der Waals surface area (Å²) in [7, 11) is 0. The van der Waals surface area contributed by atoms with Crippen molar-refractivity contribution in [2.75, 3.05) is 26.2 Å². The van der Waals surface area contributed by atoms with Gasteiger partial charge >= 0.3 is 6.18 Å². The Morgan fingerprint density at radius 2 is 2.12 bits per heavy atom. The molecule has 2 rings (SSSR count). The molecule has 1 atom stereocenters. The number of ether oxygens (including phenoxy) is 1. The van der Waals surface area contributed by atoms with Crippen LogP contribution in [-0.2, 0) is 11.0 Å². The SMILES string of the molecule is CC(C(=O)NCCOc1ncc(C(F)(F)F)cc1Cl)C1CNC1.Cl.Cl. The standard InChI is InChI=1S/C14H17ClF3N3O2.2ClH/c1-8(9-5-19-6-9)12(22)20-2-3-23-13-11(15)4-10(7-21-13)14(16,17)18;;/h4,7-9,19H,2-3,5-6H2,1H3,(H,20,22);2*1H. The average Bonchev–Trinajstić information content (AvgIpc) is 2.41. The van der Waals surface area contributed by atoms with E-state index < -0.39 is 11.7 Å². The second-order valence-electron chi connectivity index (χ2n) is 5.36. The first-order valence-corrected chi connectivity index (χ1v) is 7.51. The maximum atomic E-state index is 12.5. The van der Waals surface area contributed by atoms with Gasteiger partial charge in [0.2, 0.25) is 11.8 Å². The summed E-state index contributed by atoms with van der Waals surface area (Å²) >= 11 is 5.71. The minimum Gasteiger partial charge on any atom is -0.475 e. The van der Waals surface area contributed by atoms with Crippen molar-refractivity contribution >= 4 is 42.3 Å². The lowest BCUT2D eigenvalue weighted by Gasteiger charge is -2.31. The molecule has 2 heterocycles. The summed E-state index contributed by atoms with van der Waals surface area (Å²) in [4.78, 5) is 15.4. The number of hydrogen-bond donors (Lipinski definition) is 2. The molecule has 144 valence electrons. The number of carbonyl (C=O) groups excluding carboxylic acids is 1. The van der Waals surface area contributed by atoms with Crippen LogP contribution in [0.25, 0.3) is 0 Å². The Morgan fingerprint density at radius 3 is 2.60 bits per heavy atom. The molecule has 0 spiro atoms. The zero-order valence-corrected chi connectivity index (χ0v) is 15.6. The Bertz CT molecular complexity index is 572. The highest BCUT2D eigenvalue weighted by Gasteiger charge is 2.32. The molecular formula is C14H19Cl3F3N3O2. The van der Waals surface area contributed by atoms with Crippen molar-refractivity contribution in [1.29, 1.82) is 0 Å². The van der Waals surface area contributed by atoms with Crippen molar-refractivity contribution in [2.24, 2.45) is 11.8 Å². The Kier molecular flexibility index (Phi) is 9.86. The molecule has 1 aliphatic rings. The zero-order valence-electron chi connectivity index (χ0n) is 13.2. The Hall–Kier alpha value is -0.960. The molecule has 1 aromatic rings. The maximum Gasteiger partial charge on any atom is 0.417 e. The van der Waals surface area contributed by atoms with Crippen molar-refractivity contribution in [3.05, 3.63) is 22.8 Å². The summed E-state index contributed by atoms with van der Waals surface area (Å²) in [5, 5.41) is 5.59. The maximum absolute atomic E-state index is 12.5. The van der Waals surface area contributed by atoms with Crippen LogP contribution < -0.4 is 15.4 Å². The van der Waals surface area contributed by atoms with Crippen molar-refractivity contribution < 1.29 is 22.7 Å². The van der Waals surface area contributed by atoms with E-state index in [0.29, 0.717) is 12.1 Å². The molecule has 25 heavy (non-hydrogen) atoms. The van der Waals surface area contributed by atoms with Crippen LogP contribution in [0.15, 0.2) is 12.3 Å². The number of halogens is 6. The summed E-state index contributed by atoms with van der Waals surface area (Å²) < 4.78 is 42.6. The predicted molar refractivity (Wildman–Crippen MR) is 92.8 cm³/mol. The van der Waals surface area contributed by atoms with E-state index in [1.165, 1.54) is 0 Å². The van der Waals surface area contributed by atoms with Gasteiger partial charge in [0.25, 0.3) is 0 Å². The second kappa shape index (κ2) is 10.3. The van der Waals surface area contributed by atoms with E-state index in [4.69, 9.17) is 16.3 Å². The van der Waals surface area contributed by atoms with Crippen LogP contribution in [0.3, 0.4) is 0 Å². The van der Waals surface area contributed by atoms with Gasteiger partial charge in [0.15, 0.2) is 0 Å². The fourth-order valence-electron chi connectivity index (χ4n) is 2.05. The number of amides is 1. The smallest absolute Gasteiger partial charge is 0.417 e. The van der Waals surface area contributed by atoms with Gasteiger partial charge in [0, 0.05) is 12.1 Å². The van der Waals surface area contributed by atoms with Gasteiger partial charge in [-0.3, -0.25) is 4.79 Å². The number of nitrogens with zero attached hydrogens (tertiary/aromatic N) is 1. The number of hydrogen-bond acceptors (Lipinski definition) is 4. The molecule has 1 saturated heterocycles. The van der Waals surface area contributed by atoms with Crippen LogP contribution in [0.1, 0.15) is 12.5 Å². The first kappa shape index (κ1) is 24.0. The molecule has 1 aromatic heterocycles. The van der Waals surface area contributed by atoms with Gasteiger partial charge in [0.05, 0.1) is 12.1 Å². The third-order valence-corrected chi connectivity index (χ3v) is 3.98. The predicted octanol–water partition coefficient (Wildman–Crippen LogP) is 2.95. The largest absolute Gasteiger partial charge is 0.475 e. The molecule has 0 aliphatic carbocycles. The summed E-state index contributed by atoms with van der Waals surface area (Å²) in [6.07, 6.45) is -3.85. The van der Waals surface area contributed by atoms with Crippen molar-refractivity contribution in [3.8, 4) is 5.88 Å². The number of alkyl halides is 3. The normalized spacial score (nSPS) is 15.2. The van der Waals surface area contributed by atoms with E-state index in [2.05, 4.69) is 15.6 Å². The Balaban J connectivity index is 0.00000288. The summed E-state index contributed by atoms with van der Waals surface area (Å²) in [6, 6.07) is 0.758. The molecule has 0 bridgehead atoms. The van der Waals surface area contributed by atoms with Crippen molar-refractivity contribution in [2.45, 2.75) is 13.1 Å². The third-order valence-electron chi connectivity index (χ3n) is 3.71. The molecular weight excluding hydrogens is 406 g/mol. The summed E-state index contributed by atoms with van der Waals surface area (Å²) in [5.74, 6) is 0.0720. The lowest BCUT2D eigenvalue weighted by Crippen LogP contribution is -2.50. The number of aromatic nitrogens is 1. The second-order valence-corrected chi connectivity index (χ2v) is 5.76. The van der Waals surface area contributed by atoms with Gasteiger partial charge < -0.3 is 15.4 Å². The van der Waals surface area contributed by atoms with Gasteiger partial charge in [-0.2, -0.15) is 13.2 Å². The minimum atomic E-state index is -4.50. The van der Waals surface area contributed by atoms with Gasteiger partial charge in [-0.25, -0.2) is 4.98 Å². The van der Waals surface area contributed by atoms with Crippen LogP contribution in [0.2, 0.25) is 5.02 Å². The fourth-order valence-corrected chi connectivity index (χ4v) is 2.27. The van der Waals surface area contributed by atoms with E-state index in [0.717, 1.165) is 19.2 Å². The minimum absolute atomic E-state index is 0. The zero-order chi connectivity index (χ0) is 17.0. The number of pyridine rings is 1. The van der Waals surface area contributed by atoms with E-state index in [1.54, 1.807) is 0 Å². The van der Waals surface area contributed by atoms with Gasteiger partial charge in [-0.1, -0.05) is 18.5 Å². The topological polar surface area (TPSA) is 63.2 Å². The Labute approximate surface area is 160 Å². The molecule has 0 radical (unpaired) electrons. The monoisotopic (exact) mass is 423 g/mol. The lowest BCUT2D eigenvalue weighted by molar-refractivity contribution is -0.137. The highest BCUT2D eigenvalue weighted by atomic mass is 35.5. The van der Waals surface area contributed by atoms with Crippen LogP contribution in [0.4, 0.5) is 13.2 Å². The fraction of sp³-hybridized carbons (Fsp3) is 0.571. The first-order valence-electron chi connectivity index (χ1n) is 7.13. The quantitative estimate of drug-likeness (QED) is 0.689. The highest BCUT2D eigenvalue weighted by molar-refractivity contribution is 6.31. The molecule has 0 aromatic carbocycles.